The van der Waals surface area contributed by atoms with Crippen molar-refractivity contribution >= 4 is 17.7 Å². The highest BCUT2D eigenvalue weighted by molar-refractivity contribution is 7.98. The minimum absolute atomic E-state index is 0.0136. The second kappa shape index (κ2) is 9.60. The van der Waals surface area contributed by atoms with Crippen LogP contribution in [0.3, 0.4) is 0 Å². The summed E-state index contributed by atoms with van der Waals surface area (Å²) in [4.78, 5) is 14.6. The number of benzene rings is 2. The van der Waals surface area contributed by atoms with Crippen LogP contribution in [0, 0.1) is 5.82 Å². The first-order valence-electron chi connectivity index (χ1n) is 10.5. The Morgan fingerprint density at radius 1 is 1.03 bits per heavy atom. The van der Waals surface area contributed by atoms with Crippen LogP contribution in [0.1, 0.15) is 15.9 Å². The summed E-state index contributed by atoms with van der Waals surface area (Å²) < 4.78 is 26.2. The number of carbonyl (C=O) groups is 1. The first-order valence-corrected chi connectivity index (χ1v) is 11.5. The van der Waals surface area contributed by atoms with Crippen LogP contribution in [0.25, 0.3) is 17.3 Å². The van der Waals surface area contributed by atoms with Crippen molar-refractivity contribution in [3.8, 4) is 17.3 Å². The van der Waals surface area contributed by atoms with Gasteiger partial charge in [-0.3, -0.25) is 9.36 Å². The van der Waals surface area contributed by atoms with Crippen molar-refractivity contribution in [2.45, 2.75) is 10.9 Å². The van der Waals surface area contributed by atoms with Gasteiger partial charge in [0.15, 0.2) is 10.9 Å². The molecule has 33 heavy (non-hydrogen) atoms. The Morgan fingerprint density at radius 3 is 2.61 bits per heavy atom. The van der Waals surface area contributed by atoms with Crippen LogP contribution in [-0.4, -0.2) is 51.9 Å². The van der Waals surface area contributed by atoms with Gasteiger partial charge in [0, 0.05) is 24.4 Å². The molecule has 0 aliphatic carbocycles. The highest BCUT2D eigenvalue weighted by Gasteiger charge is 2.20. The number of hydrogen-bond acceptors (Lipinski definition) is 6. The van der Waals surface area contributed by atoms with Gasteiger partial charge >= 0.3 is 0 Å². The van der Waals surface area contributed by atoms with Crippen molar-refractivity contribution < 1.29 is 18.3 Å². The zero-order valence-corrected chi connectivity index (χ0v) is 18.5. The van der Waals surface area contributed by atoms with Gasteiger partial charge in [0.2, 0.25) is 5.82 Å². The molecule has 1 aliphatic rings. The fourth-order valence-corrected chi connectivity index (χ4v) is 4.54. The molecule has 0 bridgehead atoms. The zero-order chi connectivity index (χ0) is 22.6. The van der Waals surface area contributed by atoms with Crippen molar-refractivity contribution in [1.29, 1.82) is 0 Å². The first kappa shape index (κ1) is 21.4. The van der Waals surface area contributed by atoms with Crippen LogP contribution in [0.5, 0.6) is 0 Å². The standard InChI is InChI=1S/C24H21FN4O3S/c25-19-6-8-20(9-7-19)29-22(21-5-2-12-32-21)26-27-24(29)33-16-17-3-1-4-18(15-17)23(30)28-10-13-31-14-11-28/h1-9,12,15H,10-11,13-14,16H2. The highest BCUT2D eigenvalue weighted by Crippen LogP contribution is 2.30. The van der Waals surface area contributed by atoms with Gasteiger partial charge in [-0.2, -0.15) is 0 Å². The predicted molar refractivity (Wildman–Crippen MR) is 122 cm³/mol. The maximum Gasteiger partial charge on any atom is 0.254 e. The average molecular weight is 465 g/mol. The molecule has 1 saturated heterocycles. The van der Waals surface area contributed by atoms with Gasteiger partial charge in [-0.25, -0.2) is 4.39 Å². The first-order chi connectivity index (χ1) is 16.2. The number of carbonyl (C=O) groups excluding carboxylic acids is 1. The lowest BCUT2D eigenvalue weighted by Crippen LogP contribution is -2.40. The van der Waals surface area contributed by atoms with E-state index < -0.39 is 0 Å². The largest absolute Gasteiger partial charge is 0.461 e. The molecule has 168 valence electrons. The molecule has 0 spiro atoms. The fraction of sp³-hybridized carbons (Fsp3) is 0.208. The number of furan rings is 1. The van der Waals surface area contributed by atoms with Gasteiger partial charge < -0.3 is 14.1 Å². The summed E-state index contributed by atoms with van der Waals surface area (Å²) >= 11 is 1.48. The second-order valence-electron chi connectivity index (χ2n) is 7.49. The van der Waals surface area contributed by atoms with Gasteiger partial charge in [0.05, 0.1) is 25.2 Å². The Hall–Kier alpha value is -3.43. The van der Waals surface area contributed by atoms with E-state index in [0.29, 0.717) is 54.4 Å². The van der Waals surface area contributed by atoms with E-state index in [0.717, 1.165) is 11.3 Å². The number of aromatic nitrogens is 3. The number of nitrogens with zero attached hydrogens (tertiary/aromatic N) is 4. The third-order valence-electron chi connectivity index (χ3n) is 5.30. The molecule has 3 heterocycles. The van der Waals surface area contributed by atoms with Crippen LogP contribution in [0.15, 0.2) is 76.5 Å². The smallest absolute Gasteiger partial charge is 0.254 e. The number of hydrogen-bond donors (Lipinski definition) is 0. The van der Waals surface area contributed by atoms with Crippen molar-refractivity contribution in [3.05, 3.63) is 83.9 Å². The predicted octanol–water partition coefficient (Wildman–Crippen LogP) is 4.43. The lowest BCUT2D eigenvalue weighted by Gasteiger charge is -2.27. The molecule has 0 unspecified atom stereocenters. The Balaban J connectivity index is 1.39. The number of morpholine rings is 1. The average Bonchev–Trinajstić information content (AvgIpc) is 3.54. The van der Waals surface area contributed by atoms with Gasteiger partial charge in [-0.1, -0.05) is 23.9 Å². The van der Waals surface area contributed by atoms with Gasteiger partial charge in [-0.05, 0) is 54.1 Å². The van der Waals surface area contributed by atoms with Crippen LogP contribution < -0.4 is 0 Å². The molecule has 1 fully saturated rings. The van der Waals surface area contributed by atoms with Gasteiger partial charge in [0.25, 0.3) is 5.91 Å². The SMILES string of the molecule is O=C(c1cccc(CSc2nnc(-c3ccco3)n2-c2ccc(F)cc2)c1)N1CCOCC1. The number of amides is 1. The molecule has 1 amide bonds. The third-order valence-corrected chi connectivity index (χ3v) is 6.30. The molecule has 5 rings (SSSR count). The molecule has 2 aromatic heterocycles. The summed E-state index contributed by atoms with van der Waals surface area (Å²) in [5, 5.41) is 9.30. The fourth-order valence-electron chi connectivity index (χ4n) is 3.64. The molecule has 0 atom stereocenters. The monoisotopic (exact) mass is 464 g/mol. The molecule has 0 N–H and O–H groups in total. The summed E-state index contributed by atoms with van der Waals surface area (Å²) in [6.45, 7) is 2.35. The van der Waals surface area contributed by atoms with Crippen molar-refractivity contribution in [2.75, 3.05) is 26.3 Å². The third kappa shape index (κ3) is 4.69. The molecule has 2 aromatic carbocycles. The summed E-state index contributed by atoms with van der Waals surface area (Å²) in [7, 11) is 0. The summed E-state index contributed by atoms with van der Waals surface area (Å²) in [5.41, 5.74) is 2.38. The zero-order valence-electron chi connectivity index (χ0n) is 17.7. The Morgan fingerprint density at radius 2 is 1.85 bits per heavy atom. The van der Waals surface area contributed by atoms with E-state index in [9.17, 15) is 9.18 Å². The van der Waals surface area contributed by atoms with Gasteiger partial charge in [-0.15, -0.1) is 10.2 Å². The Kier molecular flexibility index (Phi) is 6.23. The van der Waals surface area contributed by atoms with E-state index >= 15 is 0 Å². The Bertz CT molecular complexity index is 1240. The van der Waals surface area contributed by atoms with Crippen LogP contribution in [0.2, 0.25) is 0 Å². The lowest BCUT2D eigenvalue weighted by molar-refractivity contribution is 0.0303. The van der Waals surface area contributed by atoms with Crippen molar-refractivity contribution in [3.63, 3.8) is 0 Å². The van der Waals surface area contributed by atoms with Crippen LogP contribution in [0.4, 0.5) is 4.39 Å². The number of thioether (sulfide) groups is 1. The maximum atomic E-state index is 13.5. The van der Waals surface area contributed by atoms with Crippen LogP contribution >= 0.6 is 11.8 Å². The molecule has 4 aromatic rings. The quantitative estimate of drug-likeness (QED) is 0.393. The minimum Gasteiger partial charge on any atom is -0.461 e. The highest BCUT2D eigenvalue weighted by atomic mass is 32.2. The second-order valence-corrected chi connectivity index (χ2v) is 8.43. The molecule has 0 radical (unpaired) electrons. The molecule has 0 saturated carbocycles. The number of halogens is 1. The van der Waals surface area contributed by atoms with E-state index in [-0.39, 0.29) is 11.7 Å². The molecule has 1 aliphatic heterocycles. The maximum absolute atomic E-state index is 13.5. The molecule has 7 nitrogen and oxygen atoms in total. The number of rotatable bonds is 6. The van der Waals surface area contributed by atoms with Gasteiger partial charge in [0.1, 0.15) is 5.82 Å². The van der Waals surface area contributed by atoms with E-state index in [1.807, 2.05) is 33.7 Å². The van der Waals surface area contributed by atoms with E-state index in [4.69, 9.17) is 9.15 Å². The van der Waals surface area contributed by atoms with Crippen molar-refractivity contribution in [2.24, 2.45) is 0 Å². The molecular formula is C24H21FN4O3S. The normalized spacial score (nSPS) is 13.9. The van der Waals surface area contributed by atoms with E-state index in [2.05, 4.69) is 10.2 Å². The minimum atomic E-state index is -0.317. The summed E-state index contributed by atoms with van der Waals surface area (Å²) in [5.74, 6) is 1.38. The Labute approximate surface area is 194 Å². The van der Waals surface area contributed by atoms with E-state index in [1.165, 1.54) is 23.9 Å². The number of ether oxygens (including phenoxy) is 1. The topological polar surface area (TPSA) is 73.4 Å². The lowest BCUT2D eigenvalue weighted by atomic mass is 10.1. The van der Waals surface area contributed by atoms with E-state index in [1.54, 1.807) is 30.5 Å². The summed E-state index contributed by atoms with van der Waals surface area (Å²) in [6, 6.07) is 17.4. The summed E-state index contributed by atoms with van der Waals surface area (Å²) in [6.07, 6.45) is 1.57. The molecular weight excluding hydrogens is 443 g/mol. The van der Waals surface area contributed by atoms with Crippen LogP contribution in [-0.2, 0) is 10.5 Å². The molecule has 9 heteroatoms. The van der Waals surface area contributed by atoms with Crippen molar-refractivity contribution in [1.82, 2.24) is 19.7 Å².